The number of benzene rings is 1. The molecule has 0 spiro atoms. The molecular weight excluding hydrogens is 455 g/mol. The van der Waals surface area contributed by atoms with Crippen molar-refractivity contribution in [3.05, 3.63) is 69.2 Å². The van der Waals surface area contributed by atoms with E-state index in [1.54, 1.807) is 43.6 Å². The third kappa shape index (κ3) is 4.08. The topological polar surface area (TPSA) is 86.1 Å². The average Bonchev–Trinajstić information content (AvgIpc) is 3.36. The van der Waals surface area contributed by atoms with Crippen LogP contribution < -0.4 is 5.32 Å². The zero-order valence-electron chi connectivity index (χ0n) is 17.6. The monoisotopic (exact) mass is 476 g/mol. The highest BCUT2D eigenvalue weighted by Gasteiger charge is 2.44. The van der Waals surface area contributed by atoms with Gasteiger partial charge in [0.05, 0.1) is 36.7 Å². The minimum Gasteiger partial charge on any atom is -0.467 e. The minimum atomic E-state index is -0.724. The van der Waals surface area contributed by atoms with E-state index in [9.17, 15) is 14.4 Å². The molecule has 4 amide bonds. The fourth-order valence-corrected chi connectivity index (χ4v) is 4.51. The fourth-order valence-electron chi connectivity index (χ4n) is 3.99. The van der Waals surface area contributed by atoms with Gasteiger partial charge >= 0.3 is 6.03 Å². The van der Waals surface area contributed by atoms with Gasteiger partial charge in [0, 0.05) is 23.6 Å². The van der Waals surface area contributed by atoms with Crippen LogP contribution in [0, 0.1) is 0 Å². The number of carbonyl (C=O) groups excluding carboxylic acids is 3. The van der Waals surface area contributed by atoms with Gasteiger partial charge in [-0.15, -0.1) is 0 Å². The Morgan fingerprint density at radius 2 is 2.06 bits per heavy atom. The number of urea groups is 1. The van der Waals surface area contributed by atoms with Gasteiger partial charge in [-0.2, -0.15) is 0 Å². The lowest BCUT2D eigenvalue weighted by molar-refractivity contribution is -0.137. The lowest BCUT2D eigenvalue weighted by Crippen LogP contribution is -2.47. The second-order valence-corrected chi connectivity index (χ2v) is 8.49. The number of amides is 4. The van der Waals surface area contributed by atoms with Crippen molar-refractivity contribution in [1.82, 2.24) is 20.0 Å². The lowest BCUT2D eigenvalue weighted by Gasteiger charge is -2.33. The third-order valence-electron chi connectivity index (χ3n) is 5.61. The van der Waals surface area contributed by atoms with Crippen molar-refractivity contribution in [2.75, 3.05) is 26.7 Å². The highest BCUT2D eigenvalue weighted by Crippen LogP contribution is 2.39. The van der Waals surface area contributed by atoms with E-state index in [1.807, 2.05) is 6.92 Å². The van der Waals surface area contributed by atoms with Crippen LogP contribution in [-0.4, -0.2) is 59.2 Å². The molecular formula is C22H22Cl2N4O4. The molecule has 3 heterocycles. The van der Waals surface area contributed by atoms with Gasteiger partial charge in [-0.3, -0.25) is 14.5 Å². The van der Waals surface area contributed by atoms with Crippen molar-refractivity contribution in [2.24, 2.45) is 0 Å². The Labute approximate surface area is 195 Å². The van der Waals surface area contributed by atoms with E-state index in [0.29, 0.717) is 45.7 Å². The zero-order valence-corrected chi connectivity index (χ0v) is 19.1. The quantitative estimate of drug-likeness (QED) is 0.691. The number of nitrogens with zero attached hydrogens (tertiary/aromatic N) is 3. The number of halogens is 2. The SMILES string of the molecule is CCN1C(=O)N[C@@H](c2ccc(Cl)cc2Cl)C2=C1CN(CC(=O)N(C)Cc1ccco1)C2=O. The summed E-state index contributed by atoms with van der Waals surface area (Å²) in [5.41, 5.74) is 1.57. The first-order valence-electron chi connectivity index (χ1n) is 10.1. The van der Waals surface area contributed by atoms with Gasteiger partial charge < -0.3 is 19.5 Å². The number of hydrogen-bond donors (Lipinski definition) is 1. The molecule has 168 valence electrons. The first-order valence-corrected chi connectivity index (χ1v) is 10.9. The number of furan rings is 1. The molecule has 1 atom stereocenters. The van der Waals surface area contributed by atoms with Gasteiger partial charge in [-0.25, -0.2) is 4.79 Å². The summed E-state index contributed by atoms with van der Waals surface area (Å²) in [5, 5.41) is 3.67. The van der Waals surface area contributed by atoms with Gasteiger partial charge in [0.25, 0.3) is 5.91 Å². The first kappa shape index (κ1) is 22.2. The smallest absolute Gasteiger partial charge is 0.322 e. The summed E-state index contributed by atoms with van der Waals surface area (Å²) in [7, 11) is 1.65. The Balaban J connectivity index is 1.58. The maximum atomic E-state index is 13.4. The van der Waals surface area contributed by atoms with E-state index in [-0.39, 0.29) is 30.9 Å². The van der Waals surface area contributed by atoms with E-state index >= 15 is 0 Å². The molecule has 0 radical (unpaired) electrons. The van der Waals surface area contributed by atoms with Gasteiger partial charge in [0.15, 0.2) is 0 Å². The summed E-state index contributed by atoms with van der Waals surface area (Å²) in [6, 6.07) is 7.41. The Bertz CT molecular complexity index is 1100. The van der Waals surface area contributed by atoms with Gasteiger partial charge in [0.1, 0.15) is 12.3 Å². The number of likely N-dealkylation sites (N-methyl/N-ethyl adjacent to an activating group) is 2. The molecule has 0 unspecified atom stereocenters. The lowest BCUT2D eigenvalue weighted by atomic mass is 9.95. The van der Waals surface area contributed by atoms with Gasteiger partial charge in [0.2, 0.25) is 5.91 Å². The van der Waals surface area contributed by atoms with E-state index < -0.39 is 6.04 Å². The summed E-state index contributed by atoms with van der Waals surface area (Å²) < 4.78 is 5.29. The highest BCUT2D eigenvalue weighted by atomic mass is 35.5. The molecule has 10 heteroatoms. The molecule has 0 aliphatic carbocycles. The van der Waals surface area contributed by atoms with Crippen molar-refractivity contribution in [1.29, 1.82) is 0 Å². The molecule has 1 aromatic heterocycles. The molecule has 0 fully saturated rings. The van der Waals surface area contributed by atoms with Crippen LogP contribution in [0.2, 0.25) is 10.0 Å². The van der Waals surface area contributed by atoms with Crippen LogP contribution in [0.15, 0.2) is 52.3 Å². The van der Waals surface area contributed by atoms with Crippen LogP contribution in [0.1, 0.15) is 24.3 Å². The van der Waals surface area contributed by atoms with Crippen molar-refractivity contribution in [3.8, 4) is 0 Å². The summed E-state index contributed by atoms with van der Waals surface area (Å²) in [4.78, 5) is 43.4. The standard InChI is InChI=1S/C22H22Cl2N4O4/c1-3-28-17-11-27(12-18(29)26(2)10-14-5-4-8-32-14)21(30)19(17)20(25-22(28)31)15-7-6-13(23)9-16(15)24/h4-9,20H,3,10-12H2,1-2H3,(H,25,31)/t20-/m0/s1. The van der Waals surface area contributed by atoms with Crippen molar-refractivity contribution in [3.63, 3.8) is 0 Å². The van der Waals surface area contributed by atoms with Crippen molar-refractivity contribution >= 4 is 41.0 Å². The normalized spacial score (nSPS) is 18.2. The summed E-state index contributed by atoms with van der Waals surface area (Å²) in [6.07, 6.45) is 1.54. The Hall–Kier alpha value is -2.97. The summed E-state index contributed by atoms with van der Waals surface area (Å²) in [6.45, 7) is 2.56. The molecule has 2 aliphatic rings. The predicted octanol–water partition coefficient (Wildman–Crippen LogP) is 3.43. The molecule has 2 aliphatic heterocycles. The van der Waals surface area contributed by atoms with Crippen LogP contribution in [0.3, 0.4) is 0 Å². The molecule has 0 saturated heterocycles. The van der Waals surface area contributed by atoms with Crippen LogP contribution in [-0.2, 0) is 16.1 Å². The molecule has 0 bridgehead atoms. The number of carbonyl (C=O) groups is 3. The molecule has 4 rings (SSSR count). The van der Waals surface area contributed by atoms with E-state index in [4.69, 9.17) is 27.6 Å². The minimum absolute atomic E-state index is 0.115. The Morgan fingerprint density at radius 3 is 2.72 bits per heavy atom. The molecule has 2 aromatic rings. The Kier molecular flexibility index (Phi) is 6.17. The van der Waals surface area contributed by atoms with Crippen LogP contribution >= 0.6 is 23.2 Å². The average molecular weight is 477 g/mol. The second-order valence-electron chi connectivity index (χ2n) is 7.64. The second kappa shape index (κ2) is 8.88. The largest absolute Gasteiger partial charge is 0.467 e. The van der Waals surface area contributed by atoms with E-state index in [2.05, 4.69) is 5.32 Å². The maximum absolute atomic E-state index is 13.4. The highest BCUT2D eigenvalue weighted by molar-refractivity contribution is 6.35. The molecule has 1 aromatic carbocycles. The van der Waals surface area contributed by atoms with Gasteiger partial charge in [-0.1, -0.05) is 29.3 Å². The van der Waals surface area contributed by atoms with Crippen LogP contribution in [0.5, 0.6) is 0 Å². The summed E-state index contributed by atoms with van der Waals surface area (Å²) >= 11 is 12.4. The first-order chi connectivity index (χ1) is 15.3. The number of nitrogens with one attached hydrogen (secondary N) is 1. The van der Waals surface area contributed by atoms with E-state index in [1.165, 1.54) is 14.7 Å². The molecule has 0 saturated carbocycles. The predicted molar refractivity (Wildman–Crippen MR) is 119 cm³/mol. The van der Waals surface area contributed by atoms with Crippen LogP contribution in [0.25, 0.3) is 0 Å². The molecule has 32 heavy (non-hydrogen) atoms. The maximum Gasteiger partial charge on any atom is 0.322 e. The third-order valence-corrected chi connectivity index (χ3v) is 6.17. The van der Waals surface area contributed by atoms with Crippen molar-refractivity contribution < 1.29 is 18.8 Å². The number of rotatable bonds is 6. The molecule has 8 nitrogen and oxygen atoms in total. The summed E-state index contributed by atoms with van der Waals surface area (Å²) in [5.74, 6) is 0.0997. The van der Waals surface area contributed by atoms with Crippen molar-refractivity contribution in [2.45, 2.75) is 19.5 Å². The van der Waals surface area contributed by atoms with E-state index in [0.717, 1.165) is 0 Å². The fraction of sp³-hybridized carbons (Fsp3) is 0.318. The van der Waals surface area contributed by atoms with Gasteiger partial charge in [-0.05, 0) is 36.8 Å². The Morgan fingerprint density at radius 1 is 1.28 bits per heavy atom. The zero-order chi connectivity index (χ0) is 23.0. The van der Waals surface area contributed by atoms with Crippen LogP contribution in [0.4, 0.5) is 4.79 Å². The molecule has 1 N–H and O–H groups in total. The number of hydrogen-bond acceptors (Lipinski definition) is 4.